The van der Waals surface area contributed by atoms with Gasteiger partial charge in [0.1, 0.15) is 11.5 Å². The predicted molar refractivity (Wildman–Crippen MR) is 110 cm³/mol. The van der Waals surface area contributed by atoms with E-state index in [0.29, 0.717) is 29.5 Å². The van der Waals surface area contributed by atoms with Gasteiger partial charge in [0.05, 0.1) is 30.4 Å². The third-order valence-electron chi connectivity index (χ3n) is 4.06. The van der Waals surface area contributed by atoms with Gasteiger partial charge in [-0.05, 0) is 31.2 Å². The lowest BCUT2D eigenvalue weighted by Gasteiger charge is -2.06. The van der Waals surface area contributed by atoms with Gasteiger partial charge in [-0.3, -0.25) is 9.59 Å². The highest BCUT2D eigenvalue weighted by Gasteiger charge is 2.12. The summed E-state index contributed by atoms with van der Waals surface area (Å²) in [4.78, 5) is 28.9. The minimum atomic E-state index is -0.405. The summed E-state index contributed by atoms with van der Waals surface area (Å²) in [5.41, 5.74) is 0.842. The van der Waals surface area contributed by atoms with Crippen molar-refractivity contribution in [3.63, 3.8) is 0 Å². The maximum Gasteiger partial charge on any atom is 0.307 e. The molecule has 0 bridgehead atoms. The van der Waals surface area contributed by atoms with Crippen LogP contribution in [0.3, 0.4) is 0 Å². The molecule has 8 heteroatoms. The zero-order valence-electron chi connectivity index (χ0n) is 16.3. The van der Waals surface area contributed by atoms with Crippen molar-refractivity contribution in [2.45, 2.75) is 19.9 Å². The van der Waals surface area contributed by atoms with Gasteiger partial charge in [0.25, 0.3) is 5.91 Å². The Labute approximate surface area is 172 Å². The molecule has 0 aliphatic rings. The topological polar surface area (TPSA) is 79.1 Å². The van der Waals surface area contributed by atoms with Crippen LogP contribution in [0.25, 0.3) is 10.2 Å². The molecule has 1 heterocycles. The highest BCUT2D eigenvalue weighted by Crippen LogP contribution is 2.23. The number of fused-ring (bicyclic) bond motifs is 1. The van der Waals surface area contributed by atoms with Gasteiger partial charge in [0, 0.05) is 12.6 Å². The minimum absolute atomic E-state index is 0.167. The molecule has 0 aliphatic carbocycles. The van der Waals surface area contributed by atoms with Crippen molar-refractivity contribution in [3.8, 4) is 11.5 Å². The van der Waals surface area contributed by atoms with E-state index in [2.05, 4.69) is 4.99 Å². The molecule has 0 radical (unpaired) electrons. The van der Waals surface area contributed by atoms with Crippen LogP contribution in [-0.2, 0) is 20.9 Å². The number of rotatable bonds is 8. The van der Waals surface area contributed by atoms with E-state index < -0.39 is 5.91 Å². The number of methoxy groups -OCH3 is 1. The molecule has 1 amide bonds. The fourth-order valence-corrected chi connectivity index (χ4v) is 3.77. The summed E-state index contributed by atoms with van der Waals surface area (Å²) in [6.45, 7) is 2.27. The zero-order valence-corrected chi connectivity index (χ0v) is 17.1. The van der Waals surface area contributed by atoms with Crippen LogP contribution in [0, 0.1) is 0 Å². The Kier molecular flexibility index (Phi) is 7.02. The van der Waals surface area contributed by atoms with Crippen LogP contribution in [0.1, 0.15) is 13.3 Å². The molecule has 0 fully saturated rings. The second-order valence-corrected chi connectivity index (χ2v) is 7.04. The Morgan fingerprint density at radius 3 is 2.62 bits per heavy atom. The van der Waals surface area contributed by atoms with Crippen LogP contribution in [0.2, 0.25) is 0 Å². The van der Waals surface area contributed by atoms with Crippen LogP contribution in [-0.4, -0.2) is 36.8 Å². The molecule has 0 unspecified atom stereocenters. The number of carbonyl (C=O) groups is 2. The number of aromatic nitrogens is 1. The number of hydrogen-bond donors (Lipinski definition) is 0. The van der Waals surface area contributed by atoms with E-state index >= 15 is 0 Å². The van der Waals surface area contributed by atoms with Crippen LogP contribution in [0.4, 0.5) is 0 Å². The third-order valence-corrected chi connectivity index (χ3v) is 5.12. The summed E-state index contributed by atoms with van der Waals surface area (Å²) in [5, 5.41) is 0. The molecule has 0 aliphatic heterocycles. The van der Waals surface area contributed by atoms with Crippen molar-refractivity contribution < 1.29 is 23.8 Å². The summed E-state index contributed by atoms with van der Waals surface area (Å²) in [6, 6.07) is 14.7. The maximum atomic E-state index is 12.4. The average Bonchev–Trinajstić information content (AvgIpc) is 3.07. The Morgan fingerprint density at radius 2 is 1.90 bits per heavy atom. The van der Waals surface area contributed by atoms with Crippen molar-refractivity contribution in [1.82, 2.24) is 4.57 Å². The Morgan fingerprint density at radius 1 is 1.10 bits per heavy atom. The van der Waals surface area contributed by atoms with Crippen molar-refractivity contribution in [1.29, 1.82) is 0 Å². The number of hydrogen-bond acceptors (Lipinski definition) is 6. The fraction of sp³-hybridized carbons (Fsp3) is 0.286. The first-order valence-corrected chi connectivity index (χ1v) is 10.0. The highest BCUT2D eigenvalue weighted by molar-refractivity contribution is 7.16. The second kappa shape index (κ2) is 9.88. The number of carbonyl (C=O) groups excluding carboxylic acids is 2. The molecular weight excluding hydrogens is 392 g/mol. The Balaban J connectivity index is 1.88. The van der Waals surface area contributed by atoms with E-state index in [0.717, 1.165) is 10.2 Å². The molecule has 3 rings (SSSR count). The lowest BCUT2D eigenvalue weighted by molar-refractivity contribution is -0.143. The Hall–Kier alpha value is -3.13. The number of amides is 1. The molecule has 0 spiro atoms. The van der Waals surface area contributed by atoms with Gasteiger partial charge >= 0.3 is 5.97 Å². The molecule has 3 aromatic rings. The number of thiazole rings is 1. The van der Waals surface area contributed by atoms with Crippen LogP contribution in [0.15, 0.2) is 53.5 Å². The number of para-hydroxylation sites is 1. The number of benzene rings is 2. The molecule has 152 valence electrons. The maximum absolute atomic E-state index is 12.4. The lowest BCUT2D eigenvalue weighted by Crippen LogP contribution is -2.21. The van der Waals surface area contributed by atoms with Gasteiger partial charge in [-0.15, -0.1) is 0 Å². The van der Waals surface area contributed by atoms with Crippen molar-refractivity contribution in [2.75, 3.05) is 20.3 Å². The molecule has 0 atom stereocenters. The van der Waals surface area contributed by atoms with Crippen LogP contribution >= 0.6 is 11.3 Å². The highest BCUT2D eigenvalue weighted by atomic mass is 32.1. The molecule has 0 N–H and O–H groups in total. The summed E-state index contributed by atoms with van der Waals surface area (Å²) in [6.07, 6.45) is 0.179. The van der Waals surface area contributed by atoms with E-state index in [-0.39, 0.29) is 19.0 Å². The van der Waals surface area contributed by atoms with Gasteiger partial charge in [-0.2, -0.15) is 4.99 Å². The smallest absolute Gasteiger partial charge is 0.307 e. The van der Waals surface area contributed by atoms with E-state index in [1.807, 2.05) is 41.0 Å². The summed E-state index contributed by atoms with van der Waals surface area (Å²) < 4.78 is 18.6. The standard InChI is InChI=1S/C21H22N2O5S/c1-3-27-20(25)11-12-23-17-13-16(26-2)9-10-18(17)29-21(23)22-19(24)14-28-15-7-5-4-6-8-15/h4-10,13H,3,11-12,14H2,1-2H3. The lowest BCUT2D eigenvalue weighted by atomic mass is 10.3. The first-order valence-electron chi connectivity index (χ1n) is 9.19. The normalized spacial score (nSPS) is 11.4. The minimum Gasteiger partial charge on any atom is -0.497 e. The molecule has 0 saturated heterocycles. The van der Waals surface area contributed by atoms with Gasteiger partial charge in [-0.25, -0.2) is 0 Å². The van der Waals surface area contributed by atoms with E-state index in [1.165, 1.54) is 11.3 Å². The Bertz CT molecular complexity index is 1060. The van der Waals surface area contributed by atoms with Crippen molar-refractivity contribution >= 4 is 33.4 Å². The summed E-state index contributed by atoms with van der Waals surface area (Å²) >= 11 is 1.37. The van der Waals surface area contributed by atoms with E-state index in [4.69, 9.17) is 14.2 Å². The number of esters is 1. The van der Waals surface area contributed by atoms with Gasteiger partial charge < -0.3 is 18.8 Å². The second-order valence-electron chi connectivity index (χ2n) is 6.03. The van der Waals surface area contributed by atoms with E-state index in [9.17, 15) is 9.59 Å². The van der Waals surface area contributed by atoms with E-state index in [1.54, 1.807) is 26.2 Å². The molecule has 0 saturated carbocycles. The molecule has 29 heavy (non-hydrogen) atoms. The first-order chi connectivity index (χ1) is 14.1. The van der Waals surface area contributed by atoms with Crippen molar-refractivity contribution in [3.05, 3.63) is 53.3 Å². The quantitative estimate of drug-likeness (QED) is 0.529. The number of nitrogens with zero attached hydrogens (tertiary/aromatic N) is 2. The predicted octanol–water partition coefficient (Wildman–Crippen LogP) is 3.17. The zero-order chi connectivity index (χ0) is 20.6. The van der Waals surface area contributed by atoms with Gasteiger partial charge in [0.15, 0.2) is 11.4 Å². The average molecular weight is 414 g/mol. The fourth-order valence-electron chi connectivity index (χ4n) is 2.71. The third kappa shape index (κ3) is 5.45. The van der Waals surface area contributed by atoms with Gasteiger partial charge in [-0.1, -0.05) is 29.5 Å². The largest absolute Gasteiger partial charge is 0.497 e. The first kappa shape index (κ1) is 20.6. The van der Waals surface area contributed by atoms with Crippen LogP contribution in [0.5, 0.6) is 11.5 Å². The molecular formula is C21H22N2O5S. The van der Waals surface area contributed by atoms with Crippen LogP contribution < -0.4 is 14.3 Å². The van der Waals surface area contributed by atoms with Crippen molar-refractivity contribution in [2.24, 2.45) is 4.99 Å². The van der Waals surface area contributed by atoms with Gasteiger partial charge in [0.2, 0.25) is 0 Å². The SMILES string of the molecule is CCOC(=O)CCn1c(=NC(=O)COc2ccccc2)sc2ccc(OC)cc21. The monoisotopic (exact) mass is 414 g/mol. The summed E-state index contributed by atoms with van der Waals surface area (Å²) in [5.74, 6) is 0.585. The molecule has 2 aromatic carbocycles. The number of ether oxygens (including phenoxy) is 3. The molecule has 1 aromatic heterocycles. The molecule has 7 nitrogen and oxygen atoms in total. The number of aryl methyl sites for hydroxylation is 1. The summed E-state index contributed by atoms with van der Waals surface area (Å²) in [7, 11) is 1.59.